The van der Waals surface area contributed by atoms with E-state index in [1.807, 2.05) is 0 Å². The lowest BCUT2D eigenvalue weighted by Gasteiger charge is -2.29. The summed E-state index contributed by atoms with van der Waals surface area (Å²) in [6.07, 6.45) is 5.86. The molecule has 29 heavy (non-hydrogen) atoms. The lowest BCUT2D eigenvalue weighted by molar-refractivity contribution is -0.00533. The van der Waals surface area contributed by atoms with E-state index in [0.29, 0.717) is 27.1 Å². The highest BCUT2D eigenvalue weighted by Gasteiger charge is 2.34. The molecular formula is C19H16Cl2N6O2. The fraction of sp³-hybridized carbons (Fsp3) is 0.158. The van der Waals surface area contributed by atoms with Gasteiger partial charge in [0.25, 0.3) is 0 Å². The molecule has 0 bridgehead atoms. The number of aromatic nitrogens is 6. The molecule has 8 nitrogen and oxygen atoms in total. The van der Waals surface area contributed by atoms with Crippen LogP contribution < -0.4 is 4.74 Å². The minimum absolute atomic E-state index is 0.129. The predicted octanol–water partition coefficient (Wildman–Crippen LogP) is 3.56. The molecule has 2 aromatic heterocycles. The normalized spacial score (nSPS) is 11.6. The van der Waals surface area contributed by atoms with E-state index >= 15 is 0 Å². The number of ether oxygens (including phenoxy) is 1. The Hall–Kier alpha value is -2.94. The number of hydrogen-bond donors (Lipinski definition) is 1. The highest BCUT2D eigenvalue weighted by Crippen LogP contribution is 2.35. The quantitative estimate of drug-likeness (QED) is 0.481. The van der Waals surface area contributed by atoms with Crippen molar-refractivity contribution in [1.82, 2.24) is 29.5 Å². The molecular weight excluding hydrogens is 415 g/mol. The fourth-order valence-corrected chi connectivity index (χ4v) is 3.43. The summed E-state index contributed by atoms with van der Waals surface area (Å²) in [6.45, 7) is 0.258. The van der Waals surface area contributed by atoms with Gasteiger partial charge in [0.15, 0.2) is 0 Å². The number of rotatable bonds is 7. The maximum absolute atomic E-state index is 11.5. The van der Waals surface area contributed by atoms with Crippen molar-refractivity contribution in [3.8, 4) is 11.5 Å². The Morgan fingerprint density at radius 2 is 1.45 bits per heavy atom. The van der Waals surface area contributed by atoms with Gasteiger partial charge >= 0.3 is 0 Å². The Morgan fingerprint density at radius 1 is 0.862 bits per heavy atom. The molecule has 0 aliphatic heterocycles. The van der Waals surface area contributed by atoms with Gasteiger partial charge in [-0.05, 0) is 36.4 Å². The van der Waals surface area contributed by atoms with Gasteiger partial charge < -0.3 is 9.84 Å². The average Bonchev–Trinajstić information content (AvgIpc) is 3.38. The molecule has 148 valence electrons. The average molecular weight is 431 g/mol. The molecule has 4 rings (SSSR count). The van der Waals surface area contributed by atoms with Crippen LogP contribution in [0.5, 0.6) is 11.5 Å². The minimum Gasteiger partial charge on any atom is -0.457 e. The van der Waals surface area contributed by atoms with Crippen molar-refractivity contribution in [3.05, 3.63) is 83.4 Å². The van der Waals surface area contributed by atoms with Crippen molar-refractivity contribution >= 4 is 23.2 Å². The summed E-state index contributed by atoms with van der Waals surface area (Å²) in [5.41, 5.74) is -0.897. The van der Waals surface area contributed by atoms with Crippen molar-refractivity contribution in [1.29, 1.82) is 0 Å². The summed E-state index contributed by atoms with van der Waals surface area (Å²) >= 11 is 12.4. The largest absolute Gasteiger partial charge is 0.457 e. The molecule has 0 aliphatic rings. The highest BCUT2D eigenvalue weighted by atomic mass is 35.5. The number of benzene rings is 2. The first-order valence-corrected chi connectivity index (χ1v) is 9.38. The first kappa shape index (κ1) is 19.4. The summed E-state index contributed by atoms with van der Waals surface area (Å²) < 4.78 is 8.88. The van der Waals surface area contributed by atoms with Gasteiger partial charge in [-0.1, -0.05) is 29.3 Å². The molecule has 4 aromatic rings. The van der Waals surface area contributed by atoms with Crippen LogP contribution in [0.4, 0.5) is 0 Å². The van der Waals surface area contributed by atoms with E-state index in [2.05, 4.69) is 20.2 Å². The third-order valence-electron chi connectivity index (χ3n) is 4.27. The third-order valence-corrected chi connectivity index (χ3v) is 4.84. The molecule has 0 saturated heterocycles. The lowest BCUT2D eigenvalue weighted by Crippen LogP contribution is -2.37. The molecule has 0 spiro atoms. The van der Waals surface area contributed by atoms with Crippen LogP contribution >= 0.6 is 23.2 Å². The van der Waals surface area contributed by atoms with E-state index in [1.165, 1.54) is 34.7 Å². The zero-order chi connectivity index (χ0) is 20.3. The molecule has 0 aliphatic carbocycles. The van der Waals surface area contributed by atoms with Gasteiger partial charge in [-0.25, -0.2) is 19.3 Å². The topological polar surface area (TPSA) is 90.9 Å². The van der Waals surface area contributed by atoms with Gasteiger partial charge in [0.05, 0.1) is 18.1 Å². The monoisotopic (exact) mass is 430 g/mol. The molecule has 0 amide bonds. The summed E-state index contributed by atoms with van der Waals surface area (Å²) in [4.78, 5) is 7.86. The molecule has 0 saturated carbocycles. The SMILES string of the molecule is OC(Cn1cncn1)(Cn1cncn1)c1ccc(Oc2ccc(Cl)cc2)cc1Cl. The van der Waals surface area contributed by atoms with Crippen LogP contribution in [0.3, 0.4) is 0 Å². The van der Waals surface area contributed by atoms with Crippen molar-refractivity contribution in [2.75, 3.05) is 0 Å². The standard InChI is InChI=1S/C19H16Cl2N6O2/c20-14-1-3-15(4-2-14)29-16-5-6-17(18(21)7-16)19(28,8-26-12-22-10-24-26)9-27-13-23-11-25-27/h1-7,10-13,28H,8-9H2. The van der Waals surface area contributed by atoms with Gasteiger partial charge in [-0.15, -0.1) is 0 Å². The van der Waals surface area contributed by atoms with Crippen LogP contribution in [0.2, 0.25) is 10.0 Å². The Kier molecular flexibility index (Phi) is 5.48. The molecule has 10 heteroatoms. The van der Waals surface area contributed by atoms with Gasteiger partial charge in [0, 0.05) is 10.6 Å². The number of hydrogen-bond acceptors (Lipinski definition) is 6. The van der Waals surface area contributed by atoms with Gasteiger partial charge in [0.2, 0.25) is 0 Å². The fourth-order valence-electron chi connectivity index (χ4n) is 2.96. The maximum atomic E-state index is 11.5. The molecule has 0 atom stereocenters. The van der Waals surface area contributed by atoms with Crippen LogP contribution in [-0.4, -0.2) is 34.6 Å². The van der Waals surface area contributed by atoms with Crippen LogP contribution in [0.25, 0.3) is 0 Å². The minimum atomic E-state index is -1.41. The predicted molar refractivity (Wildman–Crippen MR) is 107 cm³/mol. The van der Waals surface area contributed by atoms with Crippen molar-refractivity contribution in [2.45, 2.75) is 18.7 Å². The Bertz CT molecular complexity index is 1030. The van der Waals surface area contributed by atoms with E-state index < -0.39 is 5.60 Å². The second-order valence-electron chi connectivity index (χ2n) is 6.42. The van der Waals surface area contributed by atoms with Crippen LogP contribution in [0, 0.1) is 0 Å². The first-order chi connectivity index (χ1) is 14.0. The number of nitrogens with zero attached hydrogens (tertiary/aromatic N) is 6. The van der Waals surface area contributed by atoms with E-state index in [-0.39, 0.29) is 13.1 Å². The maximum Gasteiger partial charge on any atom is 0.137 e. The zero-order valence-electron chi connectivity index (χ0n) is 15.1. The Morgan fingerprint density at radius 3 is 1.97 bits per heavy atom. The molecule has 1 N–H and O–H groups in total. The van der Waals surface area contributed by atoms with Crippen molar-refractivity contribution < 1.29 is 9.84 Å². The van der Waals surface area contributed by atoms with Crippen molar-refractivity contribution in [3.63, 3.8) is 0 Å². The van der Waals surface area contributed by atoms with E-state index in [0.717, 1.165) is 0 Å². The van der Waals surface area contributed by atoms with Gasteiger partial charge in [-0.3, -0.25) is 0 Å². The summed E-state index contributed by atoms with van der Waals surface area (Å²) in [5, 5.41) is 20.6. The van der Waals surface area contributed by atoms with E-state index in [4.69, 9.17) is 27.9 Å². The highest BCUT2D eigenvalue weighted by molar-refractivity contribution is 6.31. The lowest BCUT2D eigenvalue weighted by atomic mass is 9.93. The second kappa shape index (κ2) is 8.20. The van der Waals surface area contributed by atoms with E-state index in [9.17, 15) is 5.11 Å². The van der Waals surface area contributed by atoms with Crippen molar-refractivity contribution in [2.24, 2.45) is 0 Å². The Balaban J connectivity index is 1.63. The molecule has 2 heterocycles. The van der Waals surface area contributed by atoms with Crippen LogP contribution in [-0.2, 0) is 18.7 Å². The summed E-state index contributed by atoms with van der Waals surface area (Å²) in [6, 6.07) is 12.1. The summed E-state index contributed by atoms with van der Waals surface area (Å²) in [5.74, 6) is 1.16. The summed E-state index contributed by atoms with van der Waals surface area (Å²) in [7, 11) is 0. The number of aliphatic hydroxyl groups is 1. The van der Waals surface area contributed by atoms with E-state index in [1.54, 1.807) is 42.5 Å². The zero-order valence-corrected chi connectivity index (χ0v) is 16.6. The molecule has 0 unspecified atom stereocenters. The molecule has 0 radical (unpaired) electrons. The van der Waals surface area contributed by atoms with Crippen LogP contribution in [0.15, 0.2) is 67.8 Å². The van der Waals surface area contributed by atoms with Gasteiger partial charge in [-0.2, -0.15) is 10.2 Å². The molecule has 2 aromatic carbocycles. The Labute approximate surface area is 176 Å². The molecule has 0 fully saturated rings. The first-order valence-electron chi connectivity index (χ1n) is 8.62. The number of halogens is 2. The van der Waals surface area contributed by atoms with Gasteiger partial charge in [0.1, 0.15) is 42.4 Å². The van der Waals surface area contributed by atoms with Crippen LogP contribution in [0.1, 0.15) is 5.56 Å². The second-order valence-corrected chi connectivity index (χ2v) is 7.26. The smallest absolute Gasteiger partial charge is 0.137 e. The third kappa shape index (κ3) is 4.56.